The predicted molar refractivity (Wildman–Crippen MR) is 100.0 cm³/mol. The van der Waals surface area contributed by atoms with Crippen LogP contribution in [-0.2, 0) is 4.79 Å². The molecule has 3 aromatic rings. The van der Waals surface area contributed by atoms with Gasteiger partial charge in [0.1, 0.15) is 5.75 Å². The molecule has 3 rings (SSSR count). The summed E-state index contributed by atoms with van der Waals surface area (Å²) >= 11 is 0. The van der Waals surface area contributed by atoms with Crippen molar-refractivity contribution in [3.05, 3.63) is 84.2 Å². The highest BCUT2D eigenvalue weighted by molar-refractivity contribution is 5.92. The molecule has 0 aliphatic heterocycles. The zero-order valence-corrected chi connectivity index (χ0v) is 14.5. The van der Waals surface area contributed by atoms with Crippen molar-refractivity contribution in [3.63, 3.8) is 0 Å². The Morgan fingerprint density at radius 1 is 1.04 bits per heavy atom. The Labute approximate surface area is 148 Å². The van der Waals surface area contributed by atoms with Gasteiger partial charge in [0.05, 0.1) is 25.3 Å². The number of amides is 1. The van der Waals surface area contributed by atoms with E-state index < -0.39 is 0 Å². The Balaban J connectivity index is 1.80. The standard InChI is InChI=1S/C21H22N2O2/c1-16-9-11-17(12-10-16)19(23-13-5-6-14-23)15-21(24)22-18-7-3-4-8-20(18)25-2/h3-14,19H,15H2,1-2H3,(H,22,24). The summed E-state index contributed by atoms with van der Waals surface area (Å²) in [6.45, 7) is 2.06. The zero-order valence-electron chi connectivity index (χ0n) is 14.5. The summed E-state index contributed by atoms with van der Waals surface area (Å²) in [7, 11) is 1.60. The third-order valence-corrected chi connectivity index (χ3v) is 4.21. The number of carbonyl (C=O) groups excluding carboxylic acids is 1. The van der Waals surface area contributed by atoms with Gasteiger partial charge in [0.15, 0.2) is 0 Å². The average Bonchev–Trinajstić information content (AvgIpc) is 3.15. The number of ether oxygens (including phenoxy) is 1. The van der Waals surface area contributed by atoms with Crippen LogP contribution in [0.25, 0.3) is 0 Å². The van der Waals surface area contributed by atoms with Crippen LogP contribution in [0, 0.1) is 6.92 Å². The van der Waals surface area contributed by atoms with E-state index in [1.54, 1.807) is 7.11 Å². The van der Waals surface area contributed by atoms with E-state index >= 15 is 0 Å². The summed E-state index contributed by atoms with van der Waals surface area (Å²) in [5.74, 6) is 0.604. The van der Waals surface area contributed by atoms with Gasteiger partial charge in [-0.15, -0.1) is 0 Å². The number of rotatable bonds is 6. The highest BCUT2D eigenvalue weighted by Gasteiger charge is 2.18. The van der Waals surface area contributed by atoms with Crippen molar-refractivity contribution in [2.24, 2.45) is 0 Å². The molecule has 0 aliphatic carbocycles. The van der Waals surface area contributed by atoms with Gasteiger partial charge in [-0.1, -0.05) is 42.0 Å². The molecule has 0 fully saturated rings. The topological polar surface area (TPSA) is 43.3 Å². The average molecular weight is 334 g/mol. The first-order valence-electron chi connectivity index (χ1n) is 8.29. The van der Waals surface area contributed by atoms with E-state index in [1.165, 1.54) is 5.56 Å². The number of aromatic nitrogens is 1. The van der Waals surface area contributed by atoms with Crippen molar-refractivity contribution < 1.29 is 9.53 Å². The Hall–Kier alpha value is -3.01. The molecule has 0 saturated carbocycles. The van der Waals surface area contributed by atoms with E-state index in [2.05, 4.69) is 41.1 Å². The highest BCUT2D eigenvalue weighted by atomic mass is 16.5. The second-order valence-electron chi connectivity index (χ2n) is 6.01. The number of methoxy groups -OCH3 is 1. The fourth-order valence-corrected chi connectivity index (χ4v) is 2.86. The molecule has 0 spiro atoms. The summed E-state index contributed by atoms with van der Waals surface area (Å²) in [5.41, 5.74) is 3.00. The maximum Gasteiger partial charge on any atom is 0.226 e. The van der Waals surface area contributed by atoms with Crippen LogP contribution in [0.3, 0.4) is 0 Å². The van der Waals surface area contributed by atoms with Crippen LogP contribution in [0.1, 0.15) is 23.6 Å². The van der Waals surface area contributed by atoms with Gasteiger partial charge in [-0.3, -0.25) is 4.79 Å². The van der Waals surface area contributed by atoms with Crippen molar-refractivity contribution in [3.8, 4) is 5.75 Å². The minimum atomic E-state index is -0.0521. The number of nitrogens with one attached hydrogen (secondary N) is 1. The van der Waals surface area contributed by atoms with Crippen molar-refractivity contribution in [1.82, 2.24) is 4.57 Å². The van der Waals surface area contributed by atoms with E-state index in [-0.39, 0.29) is 11.9 Å². The van der Waals surface area contributed by atoms with Gasteiger partial charge in [-0.2, -0.15) is 0 Å². The fraction of sp³-hybridized carbons (Fsp3) is 0.190. The molecule has 1 amide bonds. The lowest BCUT2D eigenvalue weighted by Crippen LogP contribution is -2.20. The molecule has 0 saturated heterocycles. The Morgan fingerprint density at radius 3 is 2.40 bits per heavy atom. The summed E-state index contributed by atoms with van der Waals surface area (Å²) in [6.07, 6.45) is 4.32. The van der Waals surface area contributed by atoms with Crippen molar-refractivity contribution >= 4 is 11.6 Å². The molecule has 0 bridgehead atoms. The quantitative estimate of drug-likeness (QED) is 0.725. The summed E-state index contributed by atoms with van der Waals surface area (Å²) < 4.78 is 7.36. The van der Waals surface area contributed by atoms with Crippen LogP contribution in [-0.4, -0.2) is 17.6 Å². The van der Waals surface area contributed by atoms with E-state index in [4.69, 9.17) is 4.74 Å². The lowest BCUT2D eigenvalue weighted by molar-refractivity contribution is -0.116. The van der Waals surface area contributed by atoms with Gasteiger partial charge in [-0.25, -0.2) is 0 Å². The third-order valence-electron chi connectivity index (χ3n) is 4.21. The van der Waals surface area contributed by atoms with Crippen LogP contribution in [0.2, 0.25) is 0 Å². The Kier molecular flexibility index (Phi) is 5.19. The van der Waals surface area contributed by atoms with E-state index in [1.807, 2.05) is 48.8 Å². The molecule has 4 heteroatoms. The largest absolute Gasteiger partial charge is 0.495 e. The van der Waals surface area contributed by atoms with Crippen LogP contribution >= 0.6 is 0 Å². The Morgan fingerprint density at radius 2 is 1.72 bits per heavy atom. The number of benzene rings is 2. The minimum Gasteiger partial charge on any atom is -0.495 e. The minimum absolute atomic E-state index is 0.0506. The van der Waals surface area contributed by atoms with Crippen molar-refractivity contribution in [2.75, 3.05) is 12.4 Å². The van der Waals surface area contributed by atoms with Gasteiger partial charge in [0, 0.05) is 12.4 Å². The van der Waals surface area contributed by atoms with Crippen LogP contribution in [0.15, 0.2) is 73.1 Å². The zero-order chi connectivity index (χ0) is 17.6. The number of aryl methyl sites for hydroxylation is 1. The van der Waals surface area contributed by atoms with Gasteiger partial charge in [-0.05, 0) is 36.8 Å². The molecule has 1 N–H and O–H groups in total. The number of carbonyl (C=O) groups is 1. The fourth-order valence-electron chi connectivity index (χ4n) is 2.86. The first-order valence-corrected chi connectivity index (χ1v) is 8.29. The Bertz CT molecular complexity index is 823. The number of nitrogens with zero attached hydrogens (tertiary/aromatic N) is 1. The molecule has 1 aromatic heterocycles. The predicted octanol–water partition coefficient (Wildman–Crippen LogP) is 4.42. The first kappa shape index (κ1) is 16.8. The molecular weight excluding hydrogens is 312 g/mol. The molecular formula is C21H22N2O2. The molecule has 0 aliphatic rings. The SMILES string of the molecule is COc1ccccc1NC(=O)CC(c1ccc(C)cc1)n1cccc1. The van der Waals surface area contributed by atoms with Gasteiger partial charge in [0.2, 0.25) is 5.91 Å². The van der Waals surface area contributed by atoms with E-state index in [9.17, 15) is 4.79 Å². The van der Waals surface area contributed by atoms with Gasteiger partial charge >= 0.3 is 0 Å². The summed E-state index contributed by atoms with van der Waals surface area (Å²) in [4.78, 5) is 12.6. The molecule has 0 radical (unpaired) electrons. The molecule has 25 heavy (non-hydrogen) atoms. The second kappa shape index (κ2) is 7.71. The van der Waals surface area contributed by atoms with Crippen LogP contribution in [0.5, 0.6) is 5.75 Å². The third kappa shape index (κ3) is 4.10. The molecule has 1 heterocycles. The molecule has 1 unspecified atom stereocenters. The summed E-state index contributed by atoms with van der Waals surface area (Å²) in [6, 6.07) is 19.6. The lowest BCUT2D eigenvalue weighted by Gasteiger charge is -2.20. The summed E-state index contributed by atoms with van der Waals surface area (Å²) in [5, 5.41) is 2.96. The van der Waals surface area contributed by atoms with Crippen molar-refractivity contribution in [2.45, 2.75) is 19.4 Å². The maximum absolute atomic E-state index is 12.6. The van der Waals surface area contributed by atoms with Crippen molar-refractivity contribution in [1.29, 1.82) is 0 Å². The van der Waals surface area contributed by atoms with Gasteiger partial charge < -0.3 is 14.6 Å². The lowest BCUT2D eigenvalue weighted by atomic mass is 10.0. The van der Waals surface area contributed by atoms with Crippen LogP contribution < -0.4 is 10.1 Å². The van der Waals surface area contributed by atoms with E-state index in [0.717, 1.165) is 5.56 Å². The molecule has 128 valence electrons. The monoisotopic (exact) mass is 334 g/mol. The van der Waals surface area contributed by atoms with E-state index in [0.29, 0.717) is 17.9 Å². The maximum atomic E-state index is 12.6. The number of hydrogen-bond donors (Lipinski definition) is 1. The number of para-hydroxylation sites is 2. The van der Waals surface area contributed by atoms with Gasteiger partial charge in [0.25, 0.3) is 0 Å². The molecule has 2 aromatic carbocycles. The molecule has 4 nitrogen and oxygen atoms in total. The number of anilines is 1. The first-order chi connectivity index (χ1) is 12.2. The molecule has 1 atom stereocenters. The second-order valence-corrected chi connectivity index (χ2v) is 6.01. The normalized spacial score (nSPS) is 11.8. The number of hydrogen-bond acceptors (Lipinski definition) is 2. The highest BCUT2D eigenvalue weighted by Crippen LogP contribution is 2.26. The smallest absolute Gasteiger partial charge is 0.226 e. The van der Waals surface area contributed by atoms with Crippen LogP contribution in [0.4, 0.5) is 5.69 Å².